The van der Waals surface area contributed by atoms with E-state index in [9.17, 15) is 26.7 Å². The van der Waals surface area contributed by atoms with Crippen molar-refractivity contribution in [2.45, 2.75) is 62.5 Å². The molecule has 1 aromatic carbocycles. The van der Waals surface area contributed by atoms with Crippen LogP contribution < -0.4 is 4.18 Å². The maximum Gasteiger partial charge on any atom is 0.534 e. The summed E-state index contributed by atoms with van der Waals surface area (Å²) in [7, 11) is -5.73. The normalized spacial score (nSPS) is 24.5. The van der Waals surface area contributed by atoms with Crippen LogP contribution in [0.3, 0.4) is 0 Å². The van der Waals surface area contributed by atoms with Crippen LogP contribution in [0.1, 0.15) is 73.7 Å². The predicted octanol–water partition coefficient (Wildman–Crippen LogP) is 4.11. The third-order valence-corrected chi connectivity index (χ3v) is 5.99. The summed E-state index contributed by atoms with van der Waals surface area (Å²) in [5.41, 5.74) is -3.68. The Morgan fingerprint density at radius 2 is 1.79 bits per heavy atom. The van der Waals surface area contributed by atoms with Crippen LogP contribution in [0.5, 0.6) is 5.75 Å². The van der Waals surface area contributed by atoms with Crippen molar-refractivity contribution in [3.63, 3.8) is 0 Å². The van der Waals surface area contributed by atoms with Crippen molar-refractivity contribution in [1.82, 2.24) is 0 Å². The number of rotatable bonds is 4. The number of aliphatic hydroxyl groups excluding tert-OH is 1. The van der Waals surface area contributed by atoms with Gasteiger partial charge in [0.25, 0.3) is 0 Å². The van der Waals surface area contributed by atoms with Crippen LogP contribution in [-0.2, 0) is 10.1 Å². The van der Waals surface area contributed by atoms with Gasteiger partial charge in [0, 0.05) is 5.56 Å². The lowest BCUT2D eigenvalue weighted by molar-refractivity contribution is -0.0500. The molecule has 1 saturated carbocycles. The van der Waals surface area contributed by atoms with Crippen LogP contribution in [0.25, 0.3) is 0 Å². The topological polar surface area (TPSA) is 63.6 Å². The summed E-state index contributed by atoms with van der Waals surface area (Å²) in [4.78, 5) is 0. The van der Waals surface area contributed by atoms with Crippen LogP contribution in [0.15, 0.2) is 12.1 Å². The summed E-state index contributed by atoms with van der Waals surface area (Å²) in [6, 6.07) is 3.05. The lowest BCUT2D eigenvalue weighted by atomic mass is 9.66. The molecular weight excluding hydrogens is 345 g/mol. The third-order valence-electron chi connectivity index (χ3n) is 5.03. The standard InChI is InChI=1S/C16H19F3O4S/c1-2-13(20)11-7-12-9-3-5-10(6-4-9)15(12)14(8-11)23-24(21,22)16(17,18)19/h7-10,13,20H,2-6H2,1H3. The molecular formula is C16H19F3O4S. The zero-order valence-electron chi connectivity index (χ0n) is 13.1. The SMILES string of the molecule is CCC(O)c1cc(OS(=O)(=O)C(F)(F)F)c2c(c1)C1CCC2CC1. The number of hydrogen-bond donors (Lipinski definition) is 1. The van der Waals surface area contributed by atoms with Gasteiger partial charge in [-0.1, -0.05) is 13.0 Å². The number of hydrogen-bond acceptors (Lipinski definition) is 4. The number of aliphatic hydroxyl groups is 1. The second kappa shape index (κ2) is 5.91. The minimum absolute atomic E-state index is 0.0104. The summed E-state index contributed by atoms with van der Waals surface area (Å²) in [6.07, 6.45) is 2.99. The van der Waals surface area contributed by atoms with Crippen LogP contribution in [0.4, 0.5) is 13.2 Å². The molecule has 3 aliphatic carbocycles. The summed E-state index contributed by atoms with van der Waals surface area (Å²) < 4.78 is 65.5. The van der Waals surface area contributed by atoms with E-state index in [0.717, 1.165) is 31.2 Å². The first kappa shape index (κ1) is 17.5. The van der Waals surface area contributed by atoms with Crippen LogP contribution in [0, 0.1) is 0 Å². The van der Waals surface area contributed by atoms with Gasteiger partial charge in [-0.2, -0.15) is 21.6 Å². The fraction of sp³-hybridized carbons (Fsp3) is 0.625. The molecule has 3 aliphatic rings. The maximum absolute atomic E-state index is 12.7. The lowest BCUT2D eigenvalue weighted by Gasteiger charge is -2.39. The van der Waals surface area contributed by atoms with E-state index in [0.29, 0.717) is 17.5 Å². The van der Waals surface area contributed by atoms with Crippen molar-refractivity contribution < 1.29 is 30.9 Å². The summed E-state index contributed by atoms with van der Waals surface area (Å²) in [6.45, 7) is 1.74. The zero-order valence-corrected chi connectivity index (χ0v) is 14.0. The Bertz CT molecular complexity index is 734. The van der Waals surface area contributed by atoms with Crippen molar-refractivity contribution in [2.75, 3.05) is 0 Å². The molecule has 0 radical (unpaired) electrons. The molecule has 1 fully saturated rings. The Hall–Kier alpha value is -1.28. The minimum atomic E-state index is -5.73. The molecule has 4 rings (SSSR count). The van der Waals surface area contributed by atoms with Gasteiger partial charge in [0.1, 0.15) is 5.75 Å². The van der Waals surface area contributed by atoms with Crippen molar-refractivity contribution in [3.8, 4) is 5.75 Å². The first-order valence-corrected chi connectivity index (χ1v) is 9.41. The van der Waals surface area contributed by atoms with E-state index in [4.69, 9.17) is 0 Å². The Morgan fingerprint density at radius 3 is 2.33 bits per heavy atom. The van der Waals surface area contributed by atoms with E-state index in [1.807, 2.05) is 0 Å². The monoisotopic (exact) mass is 364 g/mol. The van der Waals surface area contributed by atoms with Crippen LogP contribution in [0.2, 0.25) is 0 Å². The van der Waals surface area contributed by atoms with Crippen molar-refractivity contribution in [1.29, 1.82) is 0 Å². The molecule has 1 aromatic rings. The molecule has 1 N–H and O–H groups in total. The van der Waals surface area contributed by atoms with E-state index < -0.39 is 21.7 Å². The highest BCUT2D eigenvalue weighted by Crippen LogP contribution is 2.53. The summed E-state index contributed by atoms with van der Waals surface area (Å²) in [5, 5.41) is 10.1. The van der Waals surface area contributed by atoms with Crippen molar-refractivity contribution >= 4 is 10.1 Å². The van der Waals surface area contributed by atoms with Gasteiger partial charge in [-0.25, -0.2) is 0 Å². The average molecular weight is 364 g/mol. The second-order valence-corrected chi connectivity index (χ2v) is 8.02. The van der Waals surface area contributed by atoms with Gasteiger partial charge in [0.2, 0.25) is 0 Å². The molecule has 0 aliphatic heterocycles. The molecule has 134 valence electrons. The zero-order chi connectivity index (χ0) is 17.7. The number of fused-ring (bicyclic) bond motifs is 2. The molecule has 8 heteroatoms. The third kappa shape index (κ3) is 2.90. The fourth-order valence-electron chi connectivity index (χ4n) is 3.80. The van der Waals surface area contributed by atoms with Crippen LogP contribution in [-0.4, -0.2) is 19.0 Å². The largest absolute Gasteiger partial charge is 0.534 e. The van der Waals surface area contributed by atoms with Gasteiger partial charge < -0.3 is 9.29 Å². The van der Waals surface area contributed by atoms with E-state index >= 15 is 0 Å². The molecule has 1 unspecified atom stereocenters. The Labute approximate surface area is 138 Å². The molecule has 0 heterocycles. The number of alkyl halides is 3. The van der Waals surface area contributed by atoms with E-state index in [1.54, 1.807) is 13.0 Å². The predicted molar refractivity (Wildman–Crippen MR) is 81.2 cm³/mol. The molecule has 1 atom stereocenters. The Kier molecular flexibility index (Phi) is 4.32. The molecule has 4 nitrogen and oxygen atoms in total. The van der Waals surface area contributed by atoms with Gasteiger partial charge >= 0.3 is 15.6 Å². The highest BCUT2D eigenvalue weighted by atomic mass is 32.2. The minimum Gasteiger partial charge on any atom is -0.388 e. The summed E-state index contributed by atoms with van der Waals surface area (Å²) >= 11 is 0. The first-order valence-electron chi connectivity index (χ1n) is 8.00. The molecule has 0 amide bonds. The molecule has 24 heavy (non-hydrogen) atoms. The maximum atomic E-state index is 12.7. The number of benzene rings is 1. The van der Waals surface area contributed by atoms with E-state index in [-0.39, 0.29) is 17.6 Å². The summed E-state index contributed by atoms with van der Waals surface area (Å²) in [5.74, 6) is -0.0806. The smallest absolute Gasteiger partial charge is 0.388 e. The van der Waals surface area contributed by atoms with Gasteiger partial charge in [-0.05, 0) is 61.1 Å². The second-order valence-electron chi connectivity index (χ2n) is 6.48. The average Bonchev–Trinajstić information content (AvgIpc) is 2.53. The van der Waals surface area contributed by atoms with E-state index in [1.165, 1.54) is 6.07 Å². The van der Waals surface area contributed by atoms with Gasteiger partial charge in [-0.3, -0.25) is 0 Å². The highest BCUT2D eigenvalue weighted by molar-refractivity contribution is 7.88. The Balaban J connectivity index is 2.12. The highest BCUT2D eigenvalue weighted by Gasteiger charge is 2.49. The Morgan fingerprint density at radius 1 is 1.21 bits per heavy atom. The van der Waals surface area contributed by atoms with Gasteiger partial charge in [0.15, 0.2) is 0 Å². The molecule has 0 saturated heterocycles. The number of halogens is 3. The quantitative estimate of drug-likeness (QED) is 0.645. The van der Waals surface area contributed by atoms with Gasteiger partial charge in [0.05, 0.1) is 6.10 Å². The first-order chi connectivity index (χ1) is 11.1. The van der Waals surface area contributed by atoms with E-state index in [2.05, 4.69) is 4.18 Å². The molecule has 0 spiro atoms. The molecule has 0 aromatic heterocycles. The fourth-order valence-corrected chi connectivity index (χ4v) is 4.27. The van der Waals surface area contributed by atoms with Crippen LogP contribution >= 0.6 is 0 Å². The lowest BCUT2D eigenvalue weighted by Crippen LogP contribution is -2.30. The molecule has 2 bridgehead atoms. The van der Waals surface area contributed by atoms with Crippen molar-refractivity contribution in [2.24, 2.45) is 0 Å². The van der Waals surface area contributed by atoms with Gasteiger partial charge in [-0.15, -0.1) is 0 Å². The van der Waals surface area contributed by atoms with Crippen molar-refractivity contribution in [3.05, 3.63) is 28.8 Å².